The number of phenols is 1. The number of hydrogen-bond donors (Lipinski definition) is 2. The molecule has 33 heavy (non-hydrogen) atoms. The zero-order valence-corrected chi connectivity index (χ0v) is 21.8. The van der Waals surface area contributed by atoms with E-state index in [0.29, 0.717) is 11.7 Å². The van der Waals surface area contributed by atoms with Crippen molar-refractivity contribution in [1.29, 1.82) is 0 Å². The number of rotatable bonds is 5. The number of aromatic nitrogens is 1. The van der Waals surface area contributed by atoms with Crippen LogP contribution in [0, 0.1) is 12.8 Å². The lowest BCUT2D eigenvalue weighted by Gasteiger charge is -2.51. The first kappa shape index (κ1) is 25.6. The van der Waals surface area contributed by atoms with E-state index in [1.54, 1.807) is 6.07 Å². The number of nitrogens with one attached hydrogen (secondary N) is 1. The minimum atomic E-state index is -0.00912. The molecule has 1 fully saturated rings. The first-order valence-corrected chi connectivity index (χ1v) is 12.2. The Morgan fingerprint density at radius 2 is 1.97 bits per heavy atom. The highest BCUT2D eigenvalue weighted by Crippen LogP contribution is 2.49. The maximum Gasteiger partial charge on any atom is 0.271 e. The van der Waals surface area contributed by atoms with Gasteiger partial charge in [0.25, 0.3) is 5.91 Å². The van der Waals surface area contributed by atoms with Crippen LogP contribution in [-0.4, -0.2) is 57.5 Å². The quantitative estimate of drug-likeness (QED) is 0.636. The Kier molecular flexibility index (Phi) is 7.55. The van der Waals surface area contributed by atoms with E-state index in [1.807, 2.05) is 17.0 Å². The van der Waals surface area contributed by atoms with Gasteiger partial charge < -0.3 is 19.9 Å². The molecule has 2 unspecified atom stereocenters. The van der Waals surface area contributed by atoms with Gasteiger partial charge in [-0.2, -0.15) is 0 Å². The van der Waals surface area contributed by atoms with Crippen LogP contribution >= 0.6 is 12.4 Å². The molecule has 2 heterocycles. The van der Waals surface area contributed by atoms with Gasteiger partial charge in [-0.1, -0.05) is 19.1 Å². The van der Waals surface area contributed by atoms with Gasteiger partial charge in [-0.3, -0.25) is 4.79 Å². The minimum Gasteiger partial charge on any atom is -0.508 e. The molecular formula is C27H40ClN3O2. The number of hydrogen-bond acceptors (Lipinski definition) is 3. The summed E-state index contributed by atoms with van der Waals surface area (Å²) in [5.41, 5.74) is 5.64. The van der Waals surface area contributed by atoms with Gasteiger partial charge in [-0.25, -0.2) is 0 Å². The first-order valence-electron chi connectivity index (χ1n) is 12.2. The van der Waals surface area contributed by atoms with E-state index in [2.05, 4.69) is 57.5 Å². The van der Waals surface area contributed by atoms with Crippen LogP contribution in [0.4, 0.5) is 0 Å². The smallest absolute Gasteiger partial charge is 0.271 e. The van der Waals surface area contributed by atoms with Crippen molar-refractivity contribution in [3.8, 4) is 5.75 Å². The average Bonchev–Trinajstić information content (AvgIpc) is 3.06. The Morgan fingerprint density at radius 3 is 2.58 bits per heavy atom. The SMILES string of the molecule is CCN1CCC2(c3cccc(O)c3)Cc3[nH]c(C(=O)N(C(C)C)C(C)C)c(C)c3CC2C1.Cl. The summed E-state index contributed by atoms with van der Waals surface area (Å²) < 4.78 is 0. The van der Waals surface area contributed by atoms with Gasteiger partial charge in [-0.15, -0.1) is 12.4 Å². The van der Waals surface area contributed by atoms with E-state index in [0.717, 1.165) is 50.2 Å². The third-order valence-corrected chi connectivity index (χ3v) is 7.97. The standard InChI is InChI=1S/C27H39N3O2.ClH/c1-7-29-12-11-27(20-9-8-10-22(31)13-20)15-24-23(14-21(27)16-29)19(6)25(28-24)26(32)30(17(2)3)18(4)5;/h8-10,13,17-18,21,28,31H,7,11-12,14-16H2,1-6H3;1H. The second-order valence-electron chi connectivity index (χ2n) is 10.4. The lowest BCUT2D eigenvalue weighted by molar-refractivity contribution is 0.0637. The van der Waals surface area contributed by atoms with Gasteiger partial charge in [0.05, 0.1) is 0 Å². The number of piperidine rings is 1. The van der Waals surface area contributed by atoms with Crippen molar-refractivity contribution in [2.24, 2.45) is 5.92 Å². The van der Waals surface area contributed by atoms with Crippen LogP contribution in [0.1, 0.15) is 73.9 Å². The van der Waals surface area contributed by atoms with E-state index in [9.17, 15) is 9.90 Å². The topological polar surface area (TPSA) is 59.6 Å². The molecule has 182 valence electrons. The molecule has 1 amide bonds. The number of carbonyl (C=O) groups excluding carboxylic acids is 1. The fourth-order valence-electron chi connectivity index (χ4n) is 6.31. The fourth-order valence-corrected chi connectivity index (χ4v) is 6.31. The number of nitrogens with zero attached hydrogens (tertiary/aromatic N) is 2. The van der Waals surface area contributed by atoms with Crippen LogP contribution in [0.5, 0.6) is 5.75 Å². The zero-order chi connectivity index (χ0) is 23.2. The van der Waals surface area contributed by atoms with E-state index in [1.165, 1.54) is 16.8 Å². The molecule has 5 nitrogen and oxygen atoms in total. The van der Waals surface area contributed by atoms with Crippen LogP contribution in [0.15, 0.2) is 24.3 Å². The molecular weight excluding hydrogens is 434 g/mol. The number of H-pyrrole nitrogens is 1. The van der Waals surface area contributed by atoms with E-state index >= 15 is 0 Å². The third kappa shape index (κ3) is 4.42. The van der Waals surface area contributed by atoms with Crippen molar-refractivity contribution in [3.63, 3.8) is 0 Å². The highest BCUT2D eigenvalue weighted by molar-refractivity contribution is 5.95. The maximum atomic E-state index is 13.5. The summed E-state index contributed by atoms with van der Waals surface area (Å²) in [5.74, 6) is 0.906. The Hall–Kier alpha value is -1.98. The van der Waals surface area contributed by atoms with Gasteiger partial charge in [0, 0.05) is 29.7 Å². The number of benzene rings is 1. The third-order valence-electron chi connectivity index (χ3n) is 7.97. The van der Waals surface area contributed by atoms with E-state index in [4.69, 9.17) is 0 Å². The molecule has 2 N–H and O–H groups in total. The van der Waals surface area contributed by atoms with Crippen molar-refractivity contribution in [3.05, 3.63) is 52.3 Å². The van der Waals surface area contributed by atoms with Crippen molar-refractivity contribution >= 4 is 18.3 Å². The number of amides is 1. The van der Waals surface area contributed by atoms with Crippen LogP contribution in [0.2, 0.25) is 0 Å². The minimum absolute atomic E-state index is 0. The molecule has 1 aromatic heterocycles. The Morgan fingerprint density at radius 1 is 1.27 bits per heavy atom. The van der Waals surface area contributed by atoms with Gasteiger partial charge >= 0.3 is 0 Å². The second-order valence-corrected chi connectivity index (χ2v) is 10.4. The molecule has 0 bridgehead atoms. The molecule has 2 aliphatic rings. The molecule has 2 atom stereocenters. The monoisotopic (exact) mass is 473 g/mol. The summed E-state index contributed by atoms with van der Waals surface area (Å²) >= 11 is 0. The highest BCUT2D eigenvalue weighted by Gasteiger charge is 2.48. The Labute approximate surface area is 205 Å². The van der Waals surface area contributed by atoms with E-state index < -0.39 is 0 Å². The Balaban J connectivity index is 0.00000306. The number of likely N-dealkylation sites (tertiary alicyclic amines) is 1. The molecule has 1 aromatic carbocycles. The van der Waals surface area contributed by atoms with Crippen molar-refractivity contribution in [1.82, 2.24) is 14.8 Å². The normalized spacial score (nSPS) is 22.6. The summed E-state index contributed by atoms with van der Waals surface area (Å²) in [6.07, 6.45) is 2.94. The number of carbonyl (C=O) groups is 1. The van der Waals surface area contributed by atoms with Crippen LogP contribution in [0.25, 0.3) is 0 Å². The van der Waals surface area contributed by atoms with Gasteiger partial charge in [0.2, 0.25) is 0 Å². The van der Waals surface area contributed by atoms with Crippen molar-refractivity contribution < 1.29 is 9.90 Å². The second kappa shape index (κ2) is 9.71. The van der Waals surface area contributed by atoms with Crippen molar-refractivity contribution in [2.45, 2.75) is 78.3 Å². The van der Waals surface area contributed by atoms with Crippen molar-refractivity contribution in [2.75, 3.05) is 19.6 Å². The largest absolute Gasteiger partial charge is 0.508 e. The summed E-state index contributed by atoms with van der Waals surface area (Å²) in [6.45, 7) is 15.9. The molecule has 1 aliphatic heterocycles. The van der Waals surface area contributed by atoms with Gasteiger partial charge in [0.1, 0.15) is 11.4 Å². The number of aromatic hydroxyl groups is 1. The molecule has 2 aromatic rings. The summed E-state index contributed by atoms with van der Waals surface area (Å²) in [5, 5.41) is 10.2. The average molecular weight is 474 g/mol. The highest BCUT2D eigenvalue weighted by atomic mass is 35.5. The number of fused-ring (bicyclic) bond motifs is 2. The predicted molar refractivity (Wildman–Crippen MR) is 137 cm³/mol. The number of phenolic OH excluding ortho intramolecular Hbond substituents is 1. The lowest BCUT2D eigenvalue weighted by Crippen LogP contribution is -2.53. The molecule has 6 heteroatoms. The molecule has 1 aliphatic carbocycles. The molecule has 0 spiro atoms. The summed E-state index contributed by atoms with van der Waals surface area (Å²) in [6, 6.07) is 8.17. The number of halogens is 1. The molecule has 1 saturated heterocycles. The van der Waals surface area contributed by atoms with Crippen LogP contribution < -0.4 is 0 Å². The zero-order valence-electron chi connectivity index (χ0n) is 20.9. The molecule has 0 saturated carbocycles. The lowest BCUT2D eigenvalue weighted by atomic mass is 9.58. The predicted octanol–water partition coefficient (Wildman–Crippen LogP) is 5.09. The first-order chi connectivity index (χ1) is 15.2. The summed E-state index contributed by atoms with van der Waals surface area (Å²) in [4.78, 5) is 21.6. The van der Waals surface area contributed by atoms with Crippen LogP contribution in [-0.2, 0) is 18.3 Å². The van der Waals surface area contributed by atoms with E-state index in [-0.39, 0.29) is 35.8 Å². The van der Waals surface area contributed by atoms with Crippen LogP contribution in [0.3, 0.4) is 0 Å². The molecule has 4 rings (SSSR count). The maximum absolute atomic E-state index is 13.5. The number of aromatic amines is 1. The molecule has 0 radical (unpaired) electrons. The fraction of sp³-hybridized carbons (Fsp3) is 0.593. The van der Waals surface area contributed by atoms with Gasteiger partial charge in [0.15, 0.2) is 0 Å². The Bertz CT molecular complexity index is 991. The summed E-state index contributed by atoms with van der Waals surface area (Å²) in [7, 11) is 0. The van der Waals surface area contributed by atoms with Gasteiger partial charge in [-0.05, 0) is 102 Å².